The van der Waals surface area contributed by atoms with Gasteiger partial charge in [0, 0.05) is 6.42 Å². The molecule has 0 aliphatic carbocycles. The van der Waals surface area contributed by atoms with Crippen LogP contribution in [0.5, 0.6) is 0 Å². The third kappa shape index (κ3) is 40.7. The number of rotatable bonds is 41. The van der Waals surface area contributed by atoms with Crippen LogP contribution in [0.3, 0.4) is 0 Å². The Kier molecular flexibility index (Phi) is 37.4. The summed E-state index contributed by atoms with van der Waals surface area (Å²) in [5.74, 6) is -0.192. The van der Waals surface area contributed by atoms with Crippen molar-refractivity contribution < 1.29 is 32.9 Å². The van der Waals surface area contributed by atoms with Gasteiger partial charge in [0.2, 0.25) is 5.91 Å². The number of nitrogens with one attached hydrogen (secondary N) is 1. The lowest BCUT2D eigenvalue weighted by atomic mass is 10.1. The zero-order valence-corrected chi connectivity index (χ0v) is 37.6. The minimum absolute atomic E-state index is 0.0553. The monoisotopic (exact) mass is 798 g/mol. The van der Waals surface area contributed by atoms with Gasteiger partial charge in [-0.3, -0.25) is 13.8 Å². The Labute approximate surface area is 340 Å². The number of aliphatic hydroxyl groups is 1. The summed E-state index contributed by atoms with van der Waals surface area (Å²) >= 11 is 0. The van der Waals surface area contributed by atoms with Gasteiger partial charge in [0.05, 0.1) is 39.9 Å². The highest BCUT2D eigenvalue weighted by atomic mass is 31.2. The van der Waals surface area contributed by atoms with Crippen LogP contribution >= 0.6 is 7.82 Å². The molecule has 0 aliphatic heterocycles. The molecule has 324 valence electrons. The maximum absolute atomic E-state index is 12.9. The second-order valence-electron chi connectivity index (χ2n) is 16.8. The van der Waals surface area contributed by atoms with E-state index < -0.39 is 20.0 Å². The molecule has 0 fully saturated rings. The van der Waals surface area contributed by atoms with Crippen LogP contribution in [0.4, 0.5) is 0 Å². The van der Waals surface area contributed by atoms with Gasteiger partial charge in [-0.15, -0.1) is 0 Å². The van der Waals surface area contributed by atoms with Crippen molar-refractivity contribution in [2.24, 2.45) is 0 Å². The van der Waals surface area contributed by atoms with Gasteiger partial charge >= 0.3 is 7.82 Å². The molecule has 0 aliphatic rings. The second-order valence-corrected chi connectivity index (χ2v) is 18.2. The highest BCUT2D eigenvalue weighted by molar-refractivity contribution is 7.47. The summed E-state index contributed by atoms with van der Waals surface area (Å²) in [6.45, 7) is 4.78. The summed E-state index contributed by atoms with van der Waals surface area (Å²) < 4.78 is 23.5. The molecular formula is C46H90N2O6P+. The third-order valence-electron chi connectivity index (χ3n) is 10.1. The molecule has 55 heavy (non-hydrogen) atoms. The Balaban J connectivity index is 4.42. The smallest absolute Gasteiger partial charge is 0.387 e. The first-order chi connectivity index (χ1) is 26.5. The number of amides is 1. The molecule has 0 rings (SSSR count). The molecule has 0 spiro atoms. The Morgan fingerprint density at radius 3 is 1.45 bits per heavy atom. The number of likely N-dealkylation sites (N-methyl/N-ethyl adjacent to an activating group) is 1. The lowest BCUT2D eigenvalue weighted by molar-refractivity contribution is -0.870. The maximum Gasteiger partial charge on any atom is 0.472 e. The fourth-order valence-electron chi connectivity index (χ4n) is 6.40. The summed E-state index contributed by atoms with van der Waals surface area (Å²) in [4.78, 5) is 23.1. The number of carbonyl (C=O) groups excluding carboxylic acids is 1. The summed E-state index contributed by atoms with van der Waals surface area (Å²) in [5.41, 5.74) is 0. The average Bonchev–Trinajstić information content (AvgIpc) is 3.13. The Hall–Kier alpha value is -1.28. The number of hydrogen-bond acceptors (Lipinski definition) is 5. The molecule has 3 atom stereocenters. The van der Waals surface area contributed by atoms with Crippen LogP contribution in [0.25, 0.3) is 0 Å². The van der Waals surface area contributed by atoms with E-state index in [1.54, 1.807) is 6.08 Å². The quantitative estimate of drug-likeness (QED) is 0.0246. The van der Waals surface area contributed by atoms with Crippen LogP contribution in [0, 0.1) is 0 Å². The van der Waals surface area contributed by atoms with Crippen molar-refractivity contribution in [2.45, 2.75) is 212 Å². The van der Waals surface area contributed by atoms with E-state index >= 15 is 0 Å². The van der Waals surface area contributed by atoms with Gasteiger partial charge in [-0.25, -0.2) is 4.57 Å². The van der Waals surface area contributed by atoms with Gasteiger partial charge < -0.3 is 19.8 Å². The van der Waals surface area contributed by atoms with Crippen molar-refractivity contribution >= 4 is 13.7 Å². The molecule has 3 N–H and O–H groups in total. The molecule has 0 saturated carbocycles. The minimum Gasteiger partial charge on any atom is -0.387 e. The number of phosphoric ester groups is 1. The Bertz CT molecular complexity index is 995. The van der Waals surface area contributed by atoms with Crippen molar-refractivity contribution in [3.05, 3.63) is 36.5 Å². The maximum atomic E-state index is 12.9. The number of aliphatic hydroxyl groups excluding tert-OH is 1. The van der Waals surface area contributed by atoms with E-state index in [9.17, 15) is 19.4 Å². The first-order valence-corrected chi connectivity index (χ1v) is 24.4. The zero-order valence-electron chi connectivity index (χ0n) is 36.7. The Morgan fingerprint density at radius 1 is 0.600 bits per heavy atom. The van der Waals surface area contributed by atoms with Crippen molar-refractivity contribution in [3.8, 4) is 0 Å². The van der Waals surface area contributed by atoms with Crippen LogP contribution in [-0.2, 0) is 18.4 Å². The van der Waals surface area contributed by atoms with Gasteiger partial charge in [-0.05, 0) is 57.8 Å². The molecule has 0 aromatic heterocycles. The largest absolute Gasteiger partial charge is 0.472 e. The first-order valence-electron chi connectivity index (χ1n) is 22.9. The third-order valence-corrected chi connectivity index (χ3v) is 11.1. The van der Waals surface area contributed by atoms with Gasteiger partial charge in [0.15, 0.2) is 0 Å². The number of phosphoric acid groups is 1. The minimum atomic E-state index is -4.34. The van der Waals surface area contributed by atoms with Gasteiger partial charge in [0.1, 0.15) is 13.2 Å². The van der Waals surface area contributed by atoms with E-state index in [0.29, 0.717) is 17.4 Å². The van der Waals surface area contributed by atoms with Gasteiger partial charge in [-0.2, -0.15) is 0 Å². The molecule has 0 heterocycles. The van der Waals surface area contributed by atoms with Crippen LogP contribution < -0.4 is 5.32 Å². The standard InChI is InChI=1S/C46H89N2O6P/c1-6-8-10-12-14-16-18-20-22-23-24-25-26-28-30-32-34-36-38-40-46(50)47-44(43-54-55(51,52)53-42-41-48(3,4)5)45(49)39-37-35-33-31-29-27-21-19-17-15-13-11-9-7-2/h23-24,29,31,37,39,44-45,49H,6-22,25-28,30,32-36,38,40-43H2,1-5H3,(H-,47,50,51,52)/p+1/b24-23-,31-29+,39-37+. The molecule has 8 nitrogen and oxygen atoms in total. The zero-order chi connectivity index (χ0) is 40.7. The van der Waals surface area contributed by atoms with Crippen LogP contribution in [0.1, 0.15) is 200 Å². The predicted octanol–water partition coefficient (Wildman–Crippen LogP) is 12.7. The number of carbonyl (C=O) groups is 1. The van der Waals surface area contributed by atoms with E-state index in [1.807, 2.05) is 27.2 Å². The number of quaternary nitrogens is 1. The van der Waals surface area contributed by atoms with E-state index in [-0.39, 0.29) is 19.1 Å². The van der Waals surface area contributed by atoms with Crippen molar-refractivity contribution in [2.75, 3.05) is 40.9 Å². The van der Waals surface area contributed by atoms with Crippen LogP contribution in [0.2, 0.25) is 0 Å². The predicted molar refractivity (Wildman–Crippen MR) is 235 cm³/mol. The van der Waals surface area contributed by atoms with Crippen molar-refractivity contribution in [3.63, 3.8) is 0 Å². The summed E-state index contributed by atoms with van der Waals surface area (Å²) in [7, 11) is 1.55. The number of allylic oxidation sites excluding steroid dienone is 5. The summed E-state index contributed by atoms with van der Waals surface area (Å²) in [6.07, 6.45) is 46.4. The highest BCUT2D eigenvalue weighted by Crippen LogP contribution is 2.43. The molecule has 1 amide bonds. The molecular weight excluding hydrogens is 707 g/mol. The molecule has 0 saturated heterocycles. The molecule has 9 heteroatoms. The van der Waals surface area contributed by atoms with Crippen LogP contribution in [0.15, 0.2) is 36.5 Å². The molecule has 0 aromatic carbocycles. The topological polar surface area (TPSA) is 105 Å². The summed E-state index contributed by atoms with van der Waals surface area (Å²) in [6, 6.07) is -0.863. The molecule has 0 aromatic rings. The Morgan fingerprint density at radius 2 is 1.00 bits per heavy atom. The average molecular weight is 798 g/mol. The van der Waals surface area contributed by atoms with E-state index in [2.05, 4.69) is 43.5 Å². The van der Waals surface area contributed by atoms with E-state index in [4.69, 9.17) is 9.05 Å². The van der Waals surface area contributed by atoms with Crippen molar-refractivity contribution in [1.29, 1.82) is 0 Å². The number of unbranched alkanes of at least 4 members (excludes halogenated alkanes) is 24. The second kappa shape index (κ2) is 38.2. The molecule has 0 bridgehead atoms. The van der Waals surface area contributed by atoms with E-state index in [1.165, 1.54) is 141 Å². The van der Waals surface area contributed by atoms with Gasteiger partial charge in [0.25, 0.3) is 0 Å². The number of hydrogen-bond donors (Lipinski definition) is 3. The molecule has 3 unspecified atom stereocenters. The first kappa shape index (κ1) is 53.7. The highest BCUT2D eigenvalue weighted by Gasteiger charge is 2.27. The van der Waals surface area contributed by atoms with Crippen molar-refractivity contribution in [1.82, 2.24) is 5.32 Å². The van der Waals surface area contributed by atoms with Gasteiger partial charge in [-0.1, -0.05) is 172 Å². The lowest BCUT2D eigenvalue weighted by Crippen LogP contribution is -2.45. The fraction of sp³-hybridized carbons (Fsp3) is 0.848. The van der Waals surface area contributed by atoms with E-state index in [0.717, 1.165) is 38.5 Å². The SMILES string of the molecule is CCCCCCCCCC/C=C\CCCCCCCCCC(=O)NC(COP(=O)(O)OCC[N+](C)(C)C)C(O)/C=C/CC/C=C/CCCCCCCCCC. The van der Waals surface area contributed by atoms with Crippen LogP contribution in [-0.4, -0.2) is 73.4 Å². The summed E-state index contributed by atoms with van der Waals surface area (Å²) in [5, 5.41) is 13.8. The molecule has 0 radical (unpaired) electrons. The number of nitrogens with zero attached hydrogens (tertiary/aromatic N) is 1. The fourth-order valence-corrected chi connectivity index (χ4v) is 7.14. The lowest BCUT2D eigenvalue weighted by Gasteiger charge is -2.25. The normalized spacial score (nSPS) is 14.7.